The van der Waals surface area contributed by atoms with Gasteiger partial charge < -0.3 is 91.3 Å². The average molecular weight is 1040 g/mol. The van der Waals surface area contributed by atoms with Gasteiger partial charge in [0.2, 0.25) is 41.4 Å². The van der Waals surface area contributed by atoms with E-state index in [9.17, 15) is 62.6 Å². The number of aliphatic carboxylic acids is 1. The summed E-state index contributed by atoms with van der Waals surface area (Å²) in [7, 11) is -5.28. The Balaban J connectivity index is 6.41. The quantitative estimate of drug-likeness (QED) is 0.00913. The molecule has 0 heterocycles. The van der Waals surface area contributed by atoms with E-state index in [1.165, 1.54) is 6.92 Å². The summed E-state index contributed by atoms with van der Waals surface area (Å²) in [5.74, 6) is -8.65. The number of hydrogen-bond acceptors (Lipinski definition) is 15. The van der Waals surface area contributed by atoms with Gasteiger partial charge in [-0.2, -0.15) is 0 Å². The number of carboxylic acid groups (broad SMARTS) is 1. The molecule has 0 saturated carbocycles. The SMILES string of the molecule is CC(C)C[C@H](NC(=O)[C@H](COP(=O)(O)O)NC(=O)[C@H](CC(C)C)NC(=O)[C@H](CCCCN)NC(=O)[C@@H](N)CCCN=C(N)N)C(=O)N[C@@H](C)C(=O)N[C@@H](CCC(=O)O)C(=O)N[C@H](C=O)CCCN=C(N)N. The van der Waals surface area contributed by atoms with E-state index >= 15 is 0 Å². The number of aldehydes is 1. The fourth-order valence-electron chi connectivity index (χ4n) is 6.46. The largest absolute Gasteiger partial charge is 0.481 e. The van der Waals surface area contributed by atoms with E-state index in [1.807, 2.05) is 0 Å². The fraction of sp³-hybridized carbons (Fsp3) is 0.732. The van der Waals surface area contributed by atoms with E-state index in [-0.39, 0.29) is 81.9 Å². The Kier molecular flexibility index (Phi) is 31.4. The molecular weight excluding hydrogens is 958 g/mol. The highest BCUT2D eigenvalue weighted by Gasteiger charge is 2.35. The monoisotopic (exact) mass is 1040 g/mol. The normalized spacial score (nSPS) is 14.7. The number of aliphatic imine (C=N–C) groups is 2. The molecule has 22 N–H and O–H groups in total. The number of phosphoric ester groups is 1. The molecular formula is C41H78N15O14P. The van der Waals surface area contributed by atoms with Crippen molar-refractivity contribution < 1.29 is 67.1 Å². The van der Waals surface area contributed by atoms with Crippen molar-refractivity contribution in [2.24, 2.45) is 56.2 Å². The number of guanidine groups is 2. The second kappa shape index (κ2) is 34.3. The van der Waals surface area contributed by atoms with E-state index in [2.05, 4.69) is 51.7 Å². The summed E-state index contributed by atoms with van der Waals surface area (Å²) in [6.45, 7) is 7.56. The van der Waals surface area contributed by atoms with Gasteiger partial charge in [-0.25, -0.2) is 4.57 Å². The molecule has 0 aromatic carbocycles. The molecule has 0 unspecified atom stereocenters. The highest BCUT2D eigenvalue weighted by molar-refractivity contribution is 7.46. The van der Waals surface area contributed by atoms with Gasteiger partial charge >= 0.3 is 13.8 Å². The van der Waals surface area contributed by atoms with Crippen LogP contribution >= 0.6 is 7.82 Å². The van der Waals surface area contributed by atoms with Gasteiger partial charge in [0.15, 0.2) is 11.9 Å². The minimum atomic E-state index is -5.28. The van der Waals surface area contributed by atoms with Crippen molar-refractivity contribution in [2.45, 2.75) is 154 Å². The summed E-state index contributed by atoms with van der Waals surface area (Å²) in [4.78, 5) is 145. The van der Waals surface area contributed by atoms with Crippen LogP contribution in [0.5, 0.6) is 0 Å². The number of carbonyl (C=O) groups is 9. The number of unbranched alkanes of at least 4 members (excludes halogenated alkanes) is 1. The number of nitrogens with two attached hydrogens (primary N) is 6. The van der Waals surface area contributed by atoms with Gasteiger partial charge in [-0.1, -0.05) is 27.7 Å². The Hall–Kier alpha value is -6.00. The minimum absolute atomic E-state index is 0.0332. The maximum atomic E-state index is 13.9. The number of amides is 7. The summed E-state index contributed by atoms with van der Waals surface area (Å²) in [5.41, 5.74) is 33.0. The number of nitrogens with zero attached hydrogens (tertiary/aromatic N) is 2. The molecule has 0 bridgehead atoms. The van der Waals surface area contributed by atoms with E-state index in [1.54, 1.807) is 27.7 Å². The van der Waals surface area contributed by atoms with Crippen molar-refractivity contribution in [3.63, 3.8) is 0 Å². The van der Waals surface area contributed by atoms with Gasteiger partial charge in [-0.05, 0) is 89.5 Å². The first kappa shape index (κ1) is 65.0. The maximum absolute atomic E-state index is 13.9. The molecule has 406 valence electrons. The van der Waals surface area contributed by atoms with Crippen molar-refractivity contribution in [2.75, 3.05) is 26.2 Å². The van der Waals surface area contributed by atoms with Crippen LogP contribution in [-0.2, 0) is 52.2 Å². The molecule has 30 heteroatoms. The topological polar surface area (TPSA) is 506 Å². The third kappa shape index (κ3) is 30.4. The smallest absolute Gasteiger partial charge is 0.469 e. The summed E-state index contributed by atoms with van der Waals surface area (Å²) in [5, 5.41) is 26.4. The first-order chi connectivity index (χ1) is 33.1. The average Bonchev–Trinajstić information content (AvgIpc) is 3.26. The van der Waals surface area contributed by atoms with Gasteiger partial charge in [-0.3, -0.25) is 52.9 Å². The molecule has 0 radical (unpaired) electrons. The summed E-state index contributed by atoms with van der Waals surface area (Å²) >= 11 is 0. The van der Waals surface area contributed by atoms with Crippen LogP contribution in [0.2, 0.25) is 0 Å². The number of rotatable bonds is 37. The Morgan fingerprint density at radius 2 is 1.01 bits per heavy atom. The van der Waals surface area contributed by atoms with Crippen LogP contribution in [0.15, 0.2) is 9.98 Å². The van der Waals surface area contributed by atoms with Crippen LogP contribution in [0, 0.1) is 11.8 Å². The maximum Gasteiger partial charge on any atom is 0.469 e. The first-order valence-corrected chi connectivity index (χ1v) is 24.7. The van der Waals surface area contributed by atoms with E-state index in [0.29, 0.717) is 25.5 Å². The Bertz CT molecular complexity index is 1860. The highest BCUT2D eigenvalue weighted by atomic mass is 31.2. The zero-order valence-electron chi connectivity index (χ0n) is 41.1. The third-order valence-electron chi connectivity index (χ3n) is 10.1. The minimum Gasteiger partial charge on any atom is -0.481 e. The molecule has 0 aromatic rings. The second-order valence-electron chi connectivity index (χ2n) is 17.6. The first-order valence-electron chi connectivity index (χ1n) is 23.2. The number of hydrogen-bond donors (Lipinski definition) is 16. The predicted molar refractivity (Wildman–Crippen MR) is 260 cm³/mol. The third-order valence-corrected chi connectivity index (χ3v) is 10.6. The lowest BCUT2D eigenvalue weighted by Gasteiger charge is -2.28. The van der Waals surface area contributed by atoms with Gasteiger partial charge in [0.1, 0.15) is 42.5 Å². The van der Waals surface area contributed by atoms with Crippen molar-refractivity contribution in [3.8, 4) is 0 Å². The summed E-state index contributed by atoms with van der Waals surface area (Å²) in [6, 6.07) is -11.0. The van der Waals surface area contributed by atoms with Crippen molar-refractivity contribution in [3.05, 3.63) is 0 Å². The van der Waals surface area contributed by atoms with Crippen LogP contribution in [-0.4, -0.2) is 155 Å². The molecule has 29 nitrogen and oxygen atoms in total. The van der Waals surface area contributed by atoms with Gasteiger partial charge in [-0.15, -0.1) is 0 Å². The highest BCUT2D eigenvalue weighted by Crippen LogP contribution is 2.35. The Labute approximate surface area is 413 Å². The van der Waals surface area contributed by atoms with Crippen LogP contribution in [0.4, 0.5) is 0 Å². The second-order valence-corrected chi connectivity index (χ2v) is 18.8. The number of carboxylic acids is 1. The molecule has 0 fully saturated rings. The Morgan fingerprint density at radius 1 is 0.577 bits per heavy atom. The molecule has 0 aliphatic heterocycles. The molecule has 0 spiro atoms. The van der Waals surface area contributed by atoms with Crippen LogP contribution < -0.4 is 71.6 Å². The molecule has 0 aliphatic carbocycles. The molecule has 0 aromatic heterocycles. The molecule has 0 saturated heterocycles. The van der Waals surface area contributed by atoms with E-state index < -0.39 is 123 Å². The molecule has 7 amide bonds. The van der Waals surface area contributed by atoms with E-state index in [0.717, 1.165) is 0 Å². The lowest BCUT2D eigenvalue weighted by molar-refractivity contribution is -0.138. The number of carbonyl (C=O) groups excluding carboxylic acids is 8. The fourth-order valence-corrected chi connectivity index (χ4v) is 6.80. The number of nitrogens with one attached hydrogen (secondary N) is 7. The molecule has 0 aliphatic rings. The van der Waals surface area contributed by atoms with Gasteiger partial charge in [0.05, 0.1) is 18.7 Å². The Morgan fingerprint density at radius 3 is 1.49 bits per heavy atom. The predicted octanol–water partition coefficient (Wildman–Crippen LogP) is -4.77. The van der Waals surface area contributed by atoms with Crippen molar-refractivity contribution in [1.82, 2.24) is 37.2 Å². The lowest BCUT2D eigenvalue weighted by atomic mass is 10.0. The lowest BCUT2D eigenvalue weighted by Crippen LogP contribution is -2.60. The van der Waals surface area contributed by atoms with Crippen LogP contribution in [0.1, 0.15) is 105 Å². The molecule has 8 atom stereocenters. The number of phosphoric acid groups is 1. The molecule has 71 heavy (non-hydrogen) atoms. The zero-order valence-corrected chi connectivity index (χ0v) is 42.0. The van der Waals surface area contributed by atoms with Gasteiger partial charge in [0, 0.05) is 19.5 Å². The van der Waals surface area contributed by atoms with Crippen LogP contribution in [0.3, 0.4) is 0 Å². The molecule has 0 rings (SSSR count). The van der Waals surface area contributed by atoms with Crippen molar-refractivity contribution >= 4 is 73.3 Å². The van der Waals surface area contributed by atoms with E-state index in [4.69, 9.17) is 34.4 Å². The summed E-state index contributed by atoms with van der Waals surface area (Å²) < 4.78 is 16.4. The van der Waals surface area contributed by atoms with Crippen molar-refractivity contribution in [1.29, 1.82) is 0 Å². The van der Waals surface area contributed by atoms with Gasteiger partial charge in [0.25, 0.3) is 0 Å². The standard InChI is InChI=1S/C41H78N15O14P/c1-22(2)18-29(37(64)50-24(5)33(60)52-28(13-14-32(58)59)35(62)51-25(20-57)10-8-16-48-40(44)45)55-39(66)31(21-70-71(67,68)69)56-38(65)30(19-23(3)4)54-36(63)27(12-6-7-15-42)53-34(61)26(43)11-9-17-49-41(46)47/h20,22-31H,6-19,21,42-43H2,1-5H3,(H,50,64)(H,51,62)(H,52,60)(H,53,61)(H,54,63)(H,55,66)(H,56,65)(H,58,59)(H4,44,45,48)(H4,46,47,49)(H2,67,68,69)/t24-,25-,26-,27-,28-,29-,30-,31-/m0/s1. The van der Waals surface area contributed by atoms with Crippen LogP contribution in [0.25, 0.3) is 0 Å². The summed E-state index contributed by atoms with van der Waals surface area (Å²) in [6.07, 6.45) is 1.22. The zero-order chi connectivity index (χ0) is 54.4.